The van der Waals surface area contributed by atoms with E-state index in [-0.39, 0.29) is 16.4 Å². The van der Waals surface area contributed by atoms with Gasteiger partial charge in [0.25, 0.3) is 11.4 Å². The highest BCUT2D eigenvalue weighted by molar-refractivity contribution is 6.32. The Balaban J connectivity index is 2.27. The lowest BCUT2D eigenvalue weighted by molar-refractivity contribution is -0.394. The van der Waals surface area contributed by atoms with Gasteiger partial charge in [0.15, 0.2) is 5.78 Å². The van der Waals surface area contributed by atoms with Crippen LogP contribution in [0.5, 0.6) is 0 Å². The Morgan fingerprint density at radius 2 is 1.36 bits per heavy atom. The van der Waals surface area contributed by atoms with Crippen LogP contribution in [0.1, 0.15) is 27.4 Å². The van der Waals surface area contributed by atoms with E-state index in [0.717, 1.165) is 12.1 Å². The number of hydrogen-bond donors (Lipinski definition) is 0. The topological polar surface area (TPSA) is 103 Å². The Kier molecular flexibility index (Phi) is 5.47. The molecule has 3 aromatic rings. The van der Waals surface area contributed by atoms with E-state index in [1.54, 1.807) is 60.7 Å². The van der Waals surface area contributed by atoms with Gasteiger partial charge in [-0.2, -0.15) is 0 Å². The summed E-state index contributed by atoms with van der Waals surface area (Å²) in [7, 11) is 0. The molecule has 0 bridgehead atoms. The minimum Gasteiger partial charge on any atom is -0.293 e. The van der Waals surface area contributed by atoms with Crippen LogP contribution in [0.2, 0.25) is 5.02 Å². The minimum atomic E-state index is -1.04. The number of rotatable bonds is 6. The van der Waals surface area contributed by atoms with Crippen LogP contribution in [0, 0.1) is 20.2 Å². The predicted molar refractivity (Wildman–Crippen MR) is 104 cm³/mol. The van der Waals surface area contributed by atoms with Gasteiger partial charge >= 0.3 is 0 Å². The lowest BCUT2D eigenvalue weighted by Crippen LogP contribution is -2.16. The van der Waals surface area contributed by atoms with E-state index < -0.39 is 27.1 Å². The van der Waals surface area contributed by atoms with Gasteiger partial charge in [0, 0.05) is 11.1 Å². The van der Waals surface area contributed by atoms with Crippen molar-refractivity contribution < 1.29 is 14.6 Å². The number of halogens is 1. The normalized spacial score (nSPS) is 11.6. The molecule has 140 valence electrons. The minimum absolute atomic E-state index is 0.000605. The lowest BCUT2D eigenvalue weighted by atomic mass is 9.84. The molecule has 0 amide bonds. The van der Waals surface area contributed by atoms with E-state index in [2.05, 4.69) is 0 Å². The van der Waals surface area contributed by atoms with E-state index in [9.17, 15) is 25.0 Å². The van der Waals surface area contributed by atoms with Gasteiger partial charge in [0.05, 0.1) is 21.8 Å². The molecule has 0 aromatic heterocycles. The second-order valence-corrected chi connectivity index (χ2v) is 6.36. The molecule has 0 N–H and O–H groups in total. The van der Waals surface area contributed by atoms with Crippen LogP contribution in [0.3, 0.4) is 0 Å². The summed E-state index contributed by atoms with van der Waals surface area (Å²) in [5.41, 5.74) is -0.240. The fourth-order valence-electron chi connectivity index (χ4n) is 2.98. The maximum absolute atomic E-state index is 13.3. The highest BCUT2D eigenvalue weighted by Crippen LogP contribution is 2.40. The standard InChI is InChI=1S/C20H13ClN2O5/c21-16-11-15(17(22(25)26)12-18(16)23(27)28)19(13-7-3-1-4-8-13)20(24)14-9-5-2-6-10-14/h1-12,19H. The molecule has 28 heavy (non-hydrogen) atoms. The van der Waals surface area contributed by atoms with Crippen molar-refractivity contribution in [3.05, 3.63) is 115 Å². The van der Waals surface area contributed by atoms with Crippen LogP contribution < -0.4 is 0 Å². The fraction of sp³-hybridized carbons (Fsp3) is 0.0500. The quantitative estimate of drug-likeness (QED) is 0.324. The highest BCUT2D eigenvalue weighted by Gasteiger charge is 2.33. The number of nitrogens with zero attached hydrogens (tertiary/aromatic N) is 2. The van der Waals surface area contributed by atoms with E-state index in [0.29, 0.717) is 11.1 Å². The summed E-state index contributed by atoms with van der Waals surface area (Å²) in [5, 5.41) is 22.5. The van der Waals surface area contributed by atoms with Gasteiger partial charge in [0.2, 0.25) is 0 Å². The first kappa shape index (κ1) is 19.2. The molecule has 1 unspecified atom stereocenters. The molecule has 3 rings (SSSR count). The van der Waals surface area contributed by atoms with Crippen molar-refractivity contribution in [1.29, 1.82) is 0 Å². The number of benzene rings is 3. The zero-order valence-corrected chi connectivity index (χ0v) is 15.1. The van der Waals surface area contributed by atoms with Gasteiger partial charge in [-0.25, -0.2) is 0 Å². The first-order valence-electron chi connectivity index (χ1n) is 8.16. The van der Waals surface area contributed by atoms with Crippen molar-refractivity contribution in [3.63, 3.8) is 0 Å². The summed E-state index contributed by atoms with van der Waals surface area (Å²) < 4.78 is 0. The molecule has 0 spiro atoms. The van der Waals surface area contributed by atoms with Crippen LogP contribution in [0.25, 0.3) is 0 Å². The Bertz CT molecular complexity index is 1050. The molecule has 7 nitrogen and oxygen atoms in total. The molecule has 0 radical (unpaired) electrons. The van der Waals surface area contributed by atoms with E-state index >= 15 is 0 Å². The van der Waals surface area contributed by atoms with Crippen LogP contribution in [0.15, 0.2) is 72.8 Å². The average molecular weight is 397 g/mol. The summed E-state index contributed by atoms with van der Waals surface area (Å²) in [5.74, 6) is -1.41. The summed E-state index contributed by atoms with van der Waals surface area (Å²) in [4.78, 5) is 34.5. The molecule has 8 heteroatoms. The number of nitro benzene ring substituents is 2. The fourth-order valence-corrected chi connectivity index (χ4v) is 3.22. The maximum atomic E-state index is 13.3. The Morgan fingerprint density at radius 3 is 1.89 bits per heavy atom. The van der Waals surface area contributed by atoms with Gasteiger partial charge in [-0.15, -0.1) is 0 Å². The Morgan fingerprint density at radius 1 is 0.821 bits per heavy atom. The van der Waals surface area contributed by atoms with Gasteiger partial charge in [-0.3, -0.25) is 25.0 Å². The van der Waals surface area contributed by atoms with Gasteiger partial charge in [0.1, 0.15) is 5.02 Å². The first-order valence-corrected chi connectivity index (χ1v) is 8.54. The zero-order chi connectivity index (χ0) is 20.3. The van der Waals surface area contributed by atoms with Gasteiger partial charge in [-0.1, -0.05) is 72.3 Å². The van der Waals surface area contributed by atoms with Crippen molar-refractivity contribution in [3.8, 4) is 0 Å². The molecule has 0 saturated heterocycles. The highest BCUT2D eigenvalue weighted by atomic mass is 35.5. The van der Waals surface area contributed by atoms with Crippen molar-refractivity contribution in [1.82, 2.24) is 0 Å². The first-order chi connectivity index (χ1) is 13.4. The van der Waals surface area contributed by atoms with E-state index in [1.165, 1.54) is 0 Å². The number of hydrogen-bond acceptors (Lipinski definition) is 5. The number of ketones is 1. The molecule has 0 fully saturated rings. The second kappa shape index (κ2) is 7.98. The summed E-state index contributed by atoms with van der Waals surface area (Å²) in [6.45, 7) is 0. The smallest absolute Gasteiger partial charge is 0.293 e. The average Bonchev–Trinajstić information content (AvgIpc) is 2.69. The van der Waals surface area contributed by atoms with Crippen LogP contribution in [0.4, 0.5) is 11.4 Å². The number of carbonyl (C=O) groups excluding carboxylic acids is 1. The molecule has 0 saturated carbocycles. The van der Waals surface area contributed by atoms with Crippen molar-refractivity contribution in [2.45, 2.75) is 5.92 Å². The molecule has 0 aliphatic rings. The van der Waals surface area contributed by atoms with Crippen LogP contribution >= 0.6 is 11.6 Å². The molecule has 3 aromatic carbocycles. The Labute approximate surface area is 164 Å². The number of Topliss-reactive ketones (excluding diaryl/α,β-unsaturated/α-hetero) is 1. The van der Waals surface area contributed by atoms with Gasteiger partial charge in [-0.05, 0) is 11.6 Å². The van der Waals surface area contributed by atoms with Gasteiger partial charge < -0.3 is 0 Å². The van der Waals surface area contributed by atoms with Crippen molar-refractivity contribution >= 4 is 28.8 Å². The van der Waals surface area contributed by atoms with Crippen LogP contribution in [-0.2, 0) is 0 Å². The zero-order valence-electron chi connectivity index (χ0n) is 14.3. The van der Waals surface area contributed by atoms with Crippen molar-refractivity contribution in [2.24, 2.45) is 0 Å². The summed E-state index contributed by atoms with van der Waals surface area (Å²) >= 11 is 6.01. The lowest BCUT2D eigenvalue weighted by Gasteiger charge is -2.17. The third kappa shape index (κ3) is 3.74. The summed E-state index contributed by atoms with van der Waals surface area (Å²) in [6.07, 6.45) is 0. The van der Waals surface area contributed by atoms with Crippen molar-refractivity contribution in [2.75, 3.05) is 0 Å². The molecule has 1 atom stereocenters. The second-order valence-electron chi connectivity index (χ2n) is 5.95. The molecule has 0 heterocycles. The monoisotopic (exact) mass is 396 g/mol. The van der Waals surface area contributed by atoms with E-state index in [1.807, 2.05) is 0 Å². The van der Waals surface area contributed by atoms with Crippen LogP contribution in [-0.4, -0.2) is 15.6 Å². The third-order valence-corrected chi connectivity index (χ3v) is 4.56. The Hall–Kier alpha value is -3.58. The van der Waals surface area contributed by atoms with E-state index in [4.69, 9.17) is 11.6 Å². The molecular weight excluding hydrogens is 384 g/mol. The molecular formula is C20H13ClN2O5. The third-order valence-electron chi connectivity index (χ3n) is 4.25. The maximum Gasteiger partial charge on any atom is 0.294 e. The molecule has 0 aliphatic carbocycles. The molecule has 0 aliphatic heterocycles. The predicted octanol–water partition coefficient (Wildman–Crippen LogP) is 5.17. The number of nitro groups is 2. The summed E-state index contributed by atoms with van der Waals surface area (Å²) in [6, 6.07) is 18.8. The number of carbonyl (C=O) groups is 1. The largest absolute Gasteiger partial charge is 0.294 e. The SMILES string of the molecule is O=C(c1ccccc1)C(c1ccccc1)c1cc(Cl)c([N+](=O)[O-])cc1[N+](=O)[O-].